The molecule has 0 aliphatic heterocycles. The molecule has 1 aromatic carbocycles. The molecule has 0 fully saturated rings. The number of nitrogen functional groups attached to an aromatic ring is 1. The Kier molecular flexibility index (Phi) is 3.59. The second-order valence-corrected chi connectivity index (χ2v) is 4.70. The number of phenols is 1. The van der Waals surface area contributed by atoms with Crippen molar-refractivity contribution in [2.75, 3.05) is 12.8 Å². The normalized spacial score (nSPS) is 10.2. The van der Waals surface area contributed by atoms with Crippen LogP contribution in [0, 0.1) is 25.2 Å². The standard InChI is InChI=1S/C15H15N3O3/c1-8-4-11(12(19)5-9(8)2)18-7-10(6-16)13(17)14(18)15(20)21-3/h4-5,7,19H,17H2,1-3H3. The van der Waals surface area contributed by atoms with Gasteiger partial charge in [-0.3, -0.25) is 0 Å². The highest BCUT2D eigenvalue weighted by molar-refractivity contribution is 5.96. The third-order valence-corrected chi connectivity index (χ3v) is 3.39. The van der Waals surface area contributed by atoms with Gasteiger partial charge in [-0.25, -0.2) is 4.79 Å². The SMILES string of the molecule is COC(=O)c1c(N)c(C#N)cn1-c1cc(C)c(C)cc1O. The summed E-state index contributed by atoms with van der Waals surface area (Å²) in [5.41, 5.74) is 8.23. The van der Waals surface area contributed by atoms with Crippen LogP contribution in [0.2, 0.25) is 0 Å². The third kappa shape index (κ3) is 2.30. The maximum absolute atomic E-state index is 11.9. The molecule has 2 rings (SSSR count). The van der Waals surface area contributed by atoms with E-state index in [1.807, 2.05) is 19.9 Å². The third-order valence-electron chi connectivity index (χ3n) is 3.39. The summed E-state index contributed by atoms with van der Waals surface area (Å²) in [6.45, 7) is 3.75. The van der Waals surface area contributed by atoms with Gasteiger partial charge in [0.05, 0.1) is 24.0 Å². The van der Waals surface area contributed by atoms with Crippen molar-refractivity contribution >= 4 is 11.7 Å². The Bertz CT molecular complexity index is 769. The van der Waals surface area contributed by atoms with Crippen LogP contribution in [0.1, 0.15) is 27.2 Å². The van der Waals surface area contributed by atoms with Gasteiger partial charge in [-0.2, -0.15) is 5.26 Å². The van der Waals surface area contributed by atoms with Crippen LogP contribution in [0.5, 0.6) is 5.75 Å². The number of nitrogens with zero attached hydrogens (tertiary/aromatic N) is 2. The number of carbonyl (C=O) groups excluding carboxylic acids is 1. The molecule has 3 N–H and O–H groups in total. The van der Waals surface area contributed by atoms with Crippen molar-refractivity contribution in [2.24, 2.45) is 0 Å². The molecule has 0 bridgehead atoms. The van der Waals surface area contributed by atoms with E-state index in [0.29, 0.717) is 5.69 Å². The molecule has 1 heterocycles. The number of ether oxygens (including phenoxy) is 1. The van der Waals surface area contributed by atoms with Gasteiger partial charge >= 0.3 is 5.97 Å². The van der Waals surface area contributed by atoms with Crippen molar-refractivity contribution in [2.45, 2.75) is 13.8 Å². The first-order chi connectivity index (χ1) is 9.90. The molecular formula is C15H15N3O3. The maximum atomic E-state index is 11.9. The summed E-state index contributed by atoms with van der Waals surface area (Å²) in [6, 6.07) is 5.23. The topological polar surface area (TPSA) is 101 Å². The van der Waals surface area contributed by atoms with Crippen LogP contribution >= 0.6 is 0 Å². The van der Waals surface area contributed by atoms with Crippen molar-refractivity contribution in [1.82, 2.24) is 4.57 Å². The first-order valence-electron chi connectivity index (χ1n) is 6.20. The van der Waals surface area contributed by atoms with E-state index in [0.717, 1.165) is 11.1 Å². The monoisotopic (exact) mass is 285 g/mol. The first kappa shape index (κ1) is 14.5. The Morgan fingerprint density at radius 3 is 2.57 bits per heavy atom. The highest BCUT2D eigenvalue weighted by atomic mass is 16.5. The number of aromatic nitrogens is 1. The molecule has 0 spiro atoms. The molecule has 0 aliphatic rings. The fourth-order valence-corrected chi connectivity index (χ4v) is 2.08. The Hall–Kier alpha value is -2.94. The molecule has 0 radical (unpaired) electrons. The molecule has 0 amide bonds. The predicted molar refractivity (Wildman–Crippen MR) is 77.4 cm³/mol. The van der Waals surface area contributed by atoms with Crippen LogP contribution in [0.25, 0.3) is 5.69 Å². The molecule has 6 nitrogen and oxygen atoms in total. The first-order valence-corrected chi connectivity index (χ1v) is 6.20. The van der Waals surface area contributed by atoms with Gasteiger partial charge in [0.15, 0.2) is 5.69 Å². The number of aryl methyl sites for hydroxylation is 2. The number of anilines is 1. The minimum Gasteiger partial charge on any atom is -0.506 e. The van der Waals surface area contributed by atoms with E-state index >= 15 is 0 Å². The number of aromatic hydroxyl groups is 1. The van der Waals surface area contributed by atoms with E-state index in [-0.39, 0.29) is 22.7 Å². The van der Waals surface area contributed by atoms with E-state index in [4.69, 9.17) is 15.7 Å². The fourth-order valence-electron chi connectivity index (χ4n) is 2.08. The molecule has 0 aliphatic carbocycles. The molecular weight excluding hydrogens is 270 g/mol. The average molecular weight is 285 g/mol. The second kappa shape index (κ2) is 5.21. The molecule has 108 valence electrons. The Morgan fingerprint density at radius 1 is 1.38 bits per heavy atom. The minimum absolute atomic E-state index is 0.0113. The number of benzene rings is 1. The zero-order valence-corrected chi connectivity index (χ0v) is 12.0. The largest absolute Gasteiger partial charge is 0.506 e. The molecule has 0 saturated heterocycles. The molecule has 0 atom stereocenters. The quantitative estimate of drug-likeness (QED) is 0.822. The van der Waals surface area contributed by atoms with Crippen LogP contribution < -0.4 is 5.73 Å². The molecule has 21 heavy (non-hydrogen) atoms. The number of nitriles is 1. The van der Waals surface area contributed by atoms with Crippen LogP contribution in [0.4, 0.5) is 5.69 Å². The summed E-state index contributed by atoms with van der Waals surface area (Å²) < 4.78 is 6.08. The minimum atomic E-state index is -0.674. The second-order valence-electron chi connectivity index (χ2n) is 4.70. The summed E-state index contributed by atoms with van der Waals surface area (Å²) in [7, 11) is 1.23. The van der Waals surface area contributed by atoms with Gasteiger partial charge in [-0.05, 0) is 37.1 Å². The van der Waals surface area contributed by atoms with E-state index in [2.05, 4.69) is 0 Å². The van der Waals surface area contributed by atoms with Gasteiger partial charge in [0, 0.05) is 6.20 Å². The molecule has 1 aromatic heterocycles. The van der Waals surface area contributed by atoms with Gasteiger partial charge in [-0.1, -0.05) is 0 Å². The highest BCUT2D eigenvalue weighted by Gasteiger charge is 2.23. The lowest BCUT2D eigenvalue weighted by atomic mass is 10.1. The number of rotatable bonds is 2. The van der Waals surface area contributed by atoms with Gasteiger partial charge in [0.2, 0.25) is 0 Å². The smallest absolute Gasteiger partial charge is 0.357 e. The maximum Gasteiger partial charge on any atom is 0.357 e. The van der Waals surface area contributed by atoms with Gasteiger partial charge < -0.3 is 20.1 Å². The number of esters is 1. The summed E-state index contributed by atoms with van der Waals surface area (Å²) in [6.07, 6.45) is 1.41. The van der Waals surface area contributed by atoms with Crippen LogP contribution in [0.15, 0.2) is 18.3 Å². The van der Waals surface area contributed by atoms with Crippen molar-refractivity contribution < 1.29 is 14.6 Å². The molecule has 2 aromatic rings. The number of nitrogens with two attached hydrogens (primary N) is 1. The summed E-state index contributed by atoms with van der Waals surface area (Å²) in [5, 5.41) is 19.2. The lowest BCUT2D eigenvalue weighted by Crippen LogP contribution is -2.11. The summed E-state index contributed by atoms with van der Waals surface area (Å²) in [4.78, 5) is 11.9. The number of hydrogen-bond acceptors (Lipinski definition) is 5. The zero-order valence-electron chi connectivity index (χ0n) is 12.0. The van der Waals surface area contributed by atoms with Crippen LogP contribution in [-0.4, -0.2) is 22.8 Å². The van der Waals surface area contributed by atoms with Crippen molar-refractivity contribution in [3.05, 3.63) is 40.7 Å². The van der Waals surface area contributed by atoms with Gasteiger partial charge in [0.1, 0.15) is 11.8 Å². The predicted octanol–water partition coefficient (Wildman–Crippen LogP) is 2.04. The highest BCUT2D eigenvalue weighted by Crippen LogP contribution is 2.31. The summed E-state index contributed by atoms with van der Waals surface area (Å²) >= 11 is 0. The Labute approximate surface area is 122 Å². The number of hydrogen-bond donors (Lipinski definition) is 2. The van der Waals surface area contributed by atoms with Crippen molar-refractivity contribution in [3.63, 3.8) is 0 Å². The van der Waals surface area contributed by atoms with E-state index in [9.17, 15) is 9.90 Å². The lowest BCUT2D eigenvalue weighted by molar-refractivity contribution is 0.0593. The molecule has 6 heteroatoms. The fraction of sp³-hybridized carbons (Fsp3) is 0.200. The van der Waals surface area contributed by atoms with Gasteiger partial charge in [-0.15, -0.1) is 0 Å². The summed E-state index contributed by atoms with van der Waals surface area (Å²) in [5.74, 6) is -0.686. The number of methoxy groups -OCH3 is 1. The van der Waals surface area contributed by atoms with Crippen LogP contribution in [-0.2, 0) is 4.74 Å². The van der Waals surface area contributed by atoms with E-state index in [1.165, 1.54) is 17.9 Å². The number of phenolic OH excluding ortho intramolecular Hbond substituents is 1. The number of carbonyl (C=O) groups is 1. The van der Waals surface area contributed by atoms with Crippen molar-refractivity contribution in [1.29, 1.82) is 5.26 Å². The average Bonchev–Trinajstić information content (AvgIpc) is 2.78. The van der Waals surface area contributed by atoms with Crippen molar-refractivity contribution in [3.8, 4) is 17.5 Å². The van der Waals surface area contributed by atoms with Gasteiger partial charge in [0.25, 0.3) is 0 Å². The van der Waals surface area contributed by atoms with Crippen LogP contribution in [0.3, 0.4) is 0 Å². The van der Waals surface area contributed by atoms with E-state index in [1.54, 1.807) is 12.1 Å². The van der Waals surface area contributed by atoms with E-state index < -0.39 is 5.97 Å². The molecule has 0 unspecified atom stereocenters. The lowest BCUT2D eigenvalue weighted by Gasteiger charge is -2.12. The zero-order chi connectivity index (χ0) is 15.7. The Balaban J connectivity index is 2.78. The molecule has 0 saturated carbocycles. The Morgan fingerprint density at radius 2 is 2.00 bits per heavy atom.